The standard InChI is InChI=1S/C18H22ClN3S/c1-2-3-4-14-5-7-15(8-6-14)11-21-18(23)22-13-16-9-10-17(19)20-12-16/h5-10,12H,2-4,11,13H2,1H3,(H2,21,22,23). The fourth-order valence-electron chi connectivity index (χ4n) is 2.14. The van der Waals surface area contributed by atoms with Crippen LogP contribution in [0.1, 0.15) is 36.5 Å². The predicted octanol–water partition coefficient (Wildman–Crippen LogP) is 4.24. The van der Waals surface area contributed by atoms with E-state index in [4.69, 9.17) is 23.8 Å². The van der Waals surface area contributed by atoms with Crippen LogP contribution in [-0.4, -0.2) is 10.1 Å². The molecule has 2 N–H and O–H groups in total. The molecule has 0 fully saturated rings. The molecule has 2 aromatic rings. The van der Waals surface area contributed by atoms with Crippen molar-refractivity contribution in [2.24, 2.45) is 0 Å². The maximum atomic E-state index is 5.76. The van der Waals surface area contributed by atoms with Crippen molar-refractivity contribution in [2.75, 3.05) is 0 Å². The Hall–Kier alpha value is -1.65. The highest BCUT2D eigenvalue weighted by Crippen LogP contribution is 2.08. The van der Waals surface area contributed by atoms with Crippen LogP contribution in [0.3, 0.4) is 0 Å². The van der Waals surface area contributed by atoms with Crippen LogP contribution in [-0.2, 0) is 19.5 Å². The average Bonchev–Trinajstić information content (AvgIpc) is 2.58. The molecule has 0 unspecified atom stereocenters. The van der Waals surface area contributed by atoms with E-state index >= 15 is 0 Å². The van der Waals surface area contributed by atoms with Crippen LogP contribution in [0.25, 0.3) is 0 Å². The molecule has 5 heteroatoms. The predicted molar refractivity (Wildman–Crippen MR) is 101 cm³/mol. The Bertz CT molecular complexity index is 611. The van der Waals surface area contributed by atoms with Gasteiger partial charge in [0, 0.05) is 19.3 Å². The average molecular weight is 348 g/mol. The summed E-state index contributed by atoms with van der Waals surface area (Å²) in [6, 6.07) is 12.4. The largest absolute Gasteiger partial charge is 0.359 e. The van der Waals surface area contributed by atoms with E-state index in [0.717, 1.165) is 18.5 Å². The van der Waals surface area contributed by atoms with Gasteiger partial charge >= 0.3 is 0 Å². The highest BCUT2D eigenvalue weighted by atomic mass is 35.5. The summed E-state index contributed by atoms with van der Waals surface area (Å²) in [6.07, 6.45) is 5.36. The number of unbranched alkanes of at least 4 members (excludes halogenated alkanes) is 1. The zero-order chi connectivity index (χ0) is 16.5. The molecule has 1 aromatic heterocycles. The Morgan fingerprint density at radius 1 is 1.00 bits per heavy atom. The Kier molecular flexibility index (Phi) is 7.30. The minimum atomic E-state index is 0.497. The van der Waals surface area contributed by atoms with E-state index in [0.29, 0.717) is 16.8 Å². The number of nitrogens with zero attached hydrogens (tertiary/aromatic N) is 1. The summed E-state index contributed by atoms with van der Waals surface area (Å²) in [5.74, 6) is 0. The van der Waals surface area contributed by atoms with Crippen LogP contribution in [0, 0.1) is 0 Å². The molecule has 0 bridgehead atoms. The second-order valence-corrected chi connectivity index (χ2v) is 6.24. The summed E-state index contributed by atoms with van der Waals surface area (Å²) in [6.45, 7) is 3.57. The van der Waals surface area contributed by atoms with Gasteiger partial charge in [-0.1, -0.05) is 55.3 Å². The molecule has 0 amide bonds. The third kappa shape index (κ3) is 6.55. The van der Waals surface area contributed by atoms with Gasteiger partial charge in [0.2, 0.25) is 0 Å². The van der Waals surface area contributed by atoms with E-state index in [1.54, 1.807) is 12.3 Å². The van der Waals surface area contributed by atoms with Crippen LogP contribution < -0.4 is 10.6 Å². The molecule has 0 saturated heterocycles. The Morgan fingerprint density at radius 2 is 1.61 bits per heavy atom. The maximum Gasteiger partial charge on any atom is 0.166 e. The molecule has 23 heavy (non-hydrogen) atoms. The van der Waals surface area contributed by atoms with Gasteiger partial charge in [-0.2, -0.15) is 0 Å². The van der Waals surface area contributed by atoms with Crippen molar-refractivity contribution in [3.63, 3.8) is 0 Å². The van der Waals surface area contributed by atoms with Gasteiger partial charge in [-0.05, 0) is 47.8 Å². The van der Waals surface area contributed by atoms with E-state index in [-0.39, 0.29) is 0 Å². The molecule has 2 rings (SSSR count). The van der Waals surface area contributed by atoms with E-state index in [2.05, 4.69) is 46.8 Å². The topological polar surface area (TPSA) is 37.0 Å². The molecule has 0 radical (unpaired) electrons. The second kappa shape index (κ2) is 9.48. The van der Waals surface area contributed by atoms with E-state index in [1.165, 1.54) is 24.0 Å². The third-order valence-electron chi connectivity index (χ3n) is 3.54. The third-order valence-corrected chi connectivity index (χ3v) is 4.05. The van der Waals surface area contributed by atoms with Crippen molar-refractivity contribution in [1.82, 2.24) is 15.6 Å². The number of thiocarbonyl (C=S) groups is 1. The van der Waals surface area contributed by atoms with Gasteiger partial charge in [0.1, 0.15) is 5.15 Å². The van der Waals surface area contributed by atoms with Crippen LogP contribution in [0.2, 0.25) is 5.15 Å². The SMILES string of the molecule is CCCCc1ccc(CNC(=S)NCc2ccc(Cl)nc2)cc1. The number of halogens is 1. The molecule has 0 aliphatic carbocycles. The molecule has 0 atom stereocenters. The Labute approximate surface area is 148 Å². The summed E-state index contributed by atoms with van der Waals surface area (Å²) >= 11 is 11.1. The number of hydrogen-bond acceptors (Lipinski definition) is 2. The number of aryl methyl sites for hydroxylation is 1. The van der Waals surface area contributed by atoms with Gasteiger partial charge in [0.05, 0.1) is 0 Å². The summed E-state index contributed by atoms with van der Waals surface area (Å²) in [5, 5.41) is 7.51. The first-order chi connectivity index (χ1) is 11.2. The van der Waals surface area contributed by atoms with Gasteiger partial charge in [0.15, 0.2) is 5.11 Å². The second-order valence-electron chi connectivity index (χ2n) is 5.45. The molecular formula is C18H22ClN3S. The first-order valence-electron chi connectivity index (χ1n) is 7.87. The molecule has 0 aliphatic rings. The van der Waals surface area contributed by atoms with Crippen molar-refractivity contribution in [1.29, 1.82) is 0 Å². The number of rotatable bonds is 7. The Morgan fingerprint density at radius 3 is 2.22 bits per heavy atom. The van der Waals surface area contributed by atoms with Crippen molar-refractivity contribution in [3.8, 4) is 0 Å². The number of benzene rings is 1. The summed E-state index contributed by atoms with van der Waals surface area (Å²) in [7, 11) is 0. The highest BCUT2D eigenvalue weighted by Gasteiger charge is 1.99. The van der Waals surface area contributed by atoms with Crippen LogP contribution in [0.5, 0.6) is 0 Å². The lowest BCUT2D eigenvalue weighted by Crippen LogP contribution is -2.34. The minimum absolute atomic E-state index is 0.497. The van der Waals surface area contributed by atoms with Crippen LogP contribution in [0.4, 0.5) is 0 Å². The monoisotopic (exact) mass is 347 g/mol. The molecule has 122 valence electrons. The van der Waals surface area contributed by atoms with Gasteiger partial charge < -0.3 is 10.6 Å². The first-order valence-corrected chi connectivity index (χ1v) is 8.66. The van der Waals surface area contributed by atoms with Gasteiger partial charge in [0.25, 0.3) is 0 Å². The molecular weight excluding hydrogens is 326 g/mol. The molecule has 0 aliphatic heterocycles. The molecule has 0 spiro atoms. The van der Waals surface area contributed by atoms with Crippen LogP contribution in [0.15, 0.2) is 42.6 Å². The lowest BCUT2D eigenvalue weighted by Gasteiger charge is -2.11. The fraction of sp³-hybridized carbons (Fsp3) is 0.333. The molecule has 1 heterocycles. The highest BCUT2D eigenvalue weighted by molar-refractivity contribution is 7.80. The lowest BCUT2D eigenvalue weighted by atomic mass is 10.1. The quantitative estimate of drug-likeness (QED) is 0.580. The number of nitrogens with one attached hydrogen (secondary N) is 2. The summed E-state index contributed by atoms with van der Waals surface area (Å²) in [4.78, 5) is 4.04. The van der Waals surface area contributed by atoms with Crippen molar-refractivity contribution in [2.45, 2.75) is 39.3 Å². The zero-order valence-electron chi connectivity index (χ0n) is 13.3. The molecule has 3 nitrogen and oxygen atoms in total. The summed E-state index contributed by atoms with van der Waals surface area (Å²) < 4.78 is 0. The minimum Gasteiger partial charge on any atom is -0.359 e. The zero-order valence-corrected chi connectivity index (χ0v) is 14.9. The number of pyridine rings is 1. The van der Waals surface area contributed by atoms with Crippen molar-refractivity contribution < 1.29 is 0 Å². The Balaban J connectivity index is 1.72. The van der Waals surface area contributed by atoms with Gasteiger partial charge in [-0.15, -0.1) is 0 Å². The number of aromatic nitrogens is 1. The van der Waals surface area contributed by atoms with Gasteiger partial charge in [-0.3, -0.25) is 0 Å². The molecule has 0 saturated carbocycles. The normalized spacial score (nSPS) is 10.3. The fourth-order valence-corrected chi connectivity index (χ4v) is 2.40. The van der Waals surface area contributed by atoms with Crippen molar-refractivity contribution >= 4 is 28.9 Å². The smallest absolute Gasteiger partial charge is 0.166 e. The van der Waals surface area contributed by atoms with Gasteiger partial charge in [-0.25, -0.2) is 4.98 Å². The van der Waals surface area contributed by atoms with Crippen molar-refractivity contribution in [3.05, 3.63) is 64.4 Å². The number of hydrogen-bond donors (Lipinski definition) is 2. The molecule has 1 aromatic carbocycles. The van der Waals surface area contributed by atoms with E-state index in [1.807, 2.05) is 6.07 Å². The first kappa shape index (κ1) is 17.7. The van der Waals surface area contributed by atoms with Crippen LogP contribution >= 0.6 is 23.8 Å². The maximum absolute atomic E-state index is 5.76. The van der Waals surface area contributed by atoms with E-state index in [9.17, 15) is 0 Å². The summed E-state index contributed by atoms with van der Waals surface area (Å²) in [5.41, 5.74) is 3.66. The lowest BCUT2D eigenvalue weighted by molar-refractivity contribution is 0.793. The van der Waals surface area contributed by atoms with E-state index < -0.39 is 0 Å².